The molecule has 0 bridgehead atoms. The van der Waals surface area contributed by atoms with Gasteiger partial charge in [-0.3, -0.25) is 4.79 Å². The minimum atomic E-state index is -0.398. The molecule has 0 aromatic heterocycles. The van der Waals surface area contributed by atoms with Gasteiger partial charge in [0.2, 0.25) is 0 Å². The third kappa shape index (κ3) is 4.12. The quantitative estimate of drug-likeness (QED) is 0.836. The Morgan fingerprint density at radius 2 is 2.09 bits per heavy atom. The van der Waals surface area contributed by atoms with Gasteiger partial charge in [-0.25, -0.2) is 0 Å². The number of hydrogen-bond donors (Lipinski definition) is 0. The van der Waals surface area contributed by atoms with Gasteiger partial charge in [0.15, 0.2) is 0 Å². The molecule has 3 rings (SSSR count). The van der Waals surface area contributed by atoms with Crippen molar-refractivity contribution in [3.8, 4) is 0 Å². The van der Waals surface area contributed by atoms with Gasteiger partial charge in [-0.05, 0) is 44.6 Å². The van der Waals surface area contributed by atoms with Gasteiger partial charge in [0.1, 0.15) is 6.10 Å². The zero-order valence-corrected chi connectivity index (χ0v) is 13.9. The number of nitrogens with zero attached hydrogens (tertiary/aromatic N) is 1. The van der Waals surface area contributed by atoms with Gasteiger partial charge in [0.25, 0.3) is 5.91 Å². The molecule has 0 spiro atoms. The Morgan fingerprint density at radius 1 is 1.26 bits per heavy atom. The van der Waals surface area contributed by atoms with E-state index in [9.17, 15) is 4.79 Å². The Hall–Kier alpha value is -1.39. The molecule has 23 heavy (non-hydrogen) atoms. The van der Waals surface area contributed by atoms with Crippen molar-refractivity contribution < 1.29 is 14.3 Å². The normalized spacial score (nSPS) is 26.2. The molecule has 2 fully saturated rings. The number of ether oxygens (including phenoxy) is 2. The van der Waals surface area contributed by atoms with E-state index in [-0.39, 0.29) is 18.1 Å². The van der Waals surface area contributed by atoms with Crippen LogP contribution in [0.3, 0.4) is 0 Å². The average Bonchev–Trinajstić information content (AvgIpc) is 3.10. The summed E-state index contributed by atoms with van der Waals surface area (Å²) in [6.07, 6.45) is 5.22. The van der Waals surface area contributed by atoms with Crippen LogP contribution in [0.2, 0.25) is 0 Å². The first kappa shape index (κ1) is 16.5. The van der Waals surface area contributed by atoms with Gasteiger partial charge in [-0.1, -0.05) is 30.3 Å². The molecule has 0 radical (unpaired) electrons. The maximum atomic E-state index is 12.8. The largest absolute Gasteiger partial charge is 0.376 e. The second-order valence-corrected chi connectivity index (χ2v) is 6.56. The first-order valence-electron chi connectivity index (χ1n) is 8.84. The lowest BCUT2D eigenvalue weighted by atomic mass is 10.0. The lowest BCUT2D eigenvalue weighted by Crippen LogP contribution is -2.40. The van der Waals surface area contributed by atoms with Crippen molar-refractivity contribution in [2.75, 3.05) is 19.8 Å². The molecule has 1 aromatic carbocycles. The van der Waals surface area contributed by atoms with E-state index in [0.29, 0.717) is 6.61 Å². The predicted octanol–water partition coefficient (Wildman–Crippen LogP) is 3.32. The van der Waals surface area contributed by atoms with Crippen molar-refractivity contribution in [1.82, 2.24) is 4.90 Å². The van der Waals surface area contributed by atoms with Crippen LogP contribution in [0.1, 0.15) is 50.6 Å². The van der Waals surface area contributed by atoms with E-state index in [1.54, 1.807) is 0 Å². The molecule has 2 aliphatic heterocycles. The maximum Gasteiger partial charge on any atom is 0.251 e. The molecule has 3 atom stereocenters. The van der Waals surface area contributed by atoms with Crippen LogP contribution in [0.5, 0.6) is 0 Å². The van der Waals surface area contributed by atoms with Gasteiger partial charge in [-0.2, -0.15) is 0 Å². The molecule has 0 N–H and O–H groups in total. The van der Waals surface area contributed by atoms with E-state index in [0.717, 1.165) is 38.8 Å². The highest BCUT2D eigenvalue weighted by Crippen LogP contribution is 2.32. The lowest BCUT2D eigenvalue weighted by molar-refractivity contribution is -0.147. The van der Waals surface area contributed by atoms with Crippen LogP contribution in [-0.4, -0.2) is 42.8 Å². The van der Waals surface area contributed by atoms with Crippen LogP contribution < -0.4 is 0 Å². The van der Waals surface area contributed by atoms with Crippen molar-refractivity contribution >= 4 is 5.91 Å². The summed E-state index contributed by atoms with van der Waals surface area (Å²) in [7, 11) is 0. The lowest BCUT2D eigenvalue weighted by Gasteiger charge is -2.29. The van der Waals surface area contributed by atoms with E-state index in [1.165, 1.54) is 12.0 Å². The number of rotatable bonds is 5. The second-order valence-electron chi connectivity index (χ2n) is 6.56. The molecule has 0 unspecified atom stereocenters. The fourth-order valence-electron chi connectivity index (χ4n) is 3.55. The predicted molar refractivity (Wildman–Crippen MR) is 89.1 cm³/mol. The number of hydrogen-bond acceptors (Lipinski definition) is 3. The highest BCUT2D eigenvalue weighted by Gasteiger charge is 2.33. The fraction of sp³-hybridized carbons (Fsp3) is 0.632. The summed E-state index contributed by atoms with van der Waals surface area (Å²) in [6.45, 7) is 4.03. The Labute approximate surface area is 138 Å². The number of carbonyl (C=O) groups excluding carboxylic acids is 1. The van der Waals surface area contributed by atoms with E-state index in [2.05, 4.69) is 12.1 Å². The zero-order chi connectivity index (χ0) is 16.1. The molecule has 0 aliphatic carbocycles. The number of benzene rings is 1. The van der Waals surface area contributed by atoms with Gasteiger partial charge >= 0.3 is 0 Å². The third-order valence-electron chi connectivity index (χ3n) is 4.87. The summed E-state index contributed by atoms with van der Waals surface area (Å²) in [5.41, 5.74) is 1.22. The molecular weight excluding hydrogens is 290 g/mol. The molecule has 4 heteroatoms. The minimum Gasteiger partial charge on any atom is -0.376 e. The van der Waals surface area contributed by atoms with Crippen molar-refractivity contribution in [3.05, 3.63) is 35.9 Å². The van der Waals surface area contributed by atoms with Crippen LogP contribution in [0.4, 0.5) is 0 Å². The Morgan fingerprint density at radius 3 is 2.83 bits per heavy atom. The molecular formula is C19H27NO3. The fourth-order valence-corrected chi connectivity index (χ4v) is 3.55. The van der Waals surface area contributed by atoms with Crippen LogP contribution >= 0.6 is 0 Å². The molecule has 2 aliphatic rings. The van der Waals surface area contributed by atoms with E-state index in [4.69, 9.17) is 9.47 Å². The molecule has 126 valence electrons. The Kier molecular flexibility index (Phi) is 5.68. The van der Waals surface area contributed by atoms with Crippen molar-refractivity contribution in [1.29, 1.82) is 0 Å². The molecule has 1 aromatic rings. The molecule has 0 saturated carbocycles. The van der Waals surface area contributed by atoms with Crippen LogP contribution in [0, 0.1) is 0 Å². The summed E-state index contributed by atoms with van der Waals surface area (Å²) >= 11 is 0. The molecule has 2 heterocycles. The van der Waals surface area contributed by atoms with E-state index >= 15 is 0 Å². The summed E-state index contributed by atoms with van der Waals surface area (Å²) in [5.74, 6) is 0.104. The number of likely N-dealkylation sites (tertiary alicyclic amines) is 1. The van der Waals surface area contributed by atoms with Gasteiger partial charge in [-0.15, -0.1) is 0 Å². The van der Waals surface area contributed by atoms with Gasteiger partial charge < -0.3 is 14.4 Å². The van der Waals surface area contributed by atoms with E-state index < -0.39 is 6.10 Å². The summed E-state index contributed by atoms with van der Waals surface area (Å²) in [6, 6.07) is 10.5. The third-order valence-corrected chi connectivity index (χ3v) is 4.87. The van der Waals surface area contributed by atoms with Crippen LogP contribution in [-0.2, 0) is 14.3 Å². The smallest absolute Gasteiger partial charge is 0.251 e. The zero-order valence-electron chi connectivity index (χ0n) is 13.9. The highest BCUT2D eigenvalue weighted by molar-refractivity contribution is 5.81. The van der Waals surface area contributed by atoms with Crippen molar-refractivity contribution in [2.45, 2.75) is 57.3 Å². The highest BCUT2D eigenvalue weighted by atomic mass is 16.5. The van der Waals surface area contributed by atoms with Crippen molar-refractivity contribution in [3.63, 3.8) is 0 Å². The topological polar surface area (TPSA) is 38.8 Å². The van der Waals surface area contributed by atoms with Crippen LogP contribution in [0.25, 0.3) is 0 Å². The molecule has 1 amide bonds. The van der Waals surface area contributed by atoms with Crippen LogP contribution in [0.15, 0.2) is 30.3 Å². The maximum absolute atomic E-state index is 12.8. The molecule has 2 saturated heterocycles. The summed E-state index contributed by atoms with van der Waals surface area (Å²) in [4.78, 5) is 14.7. The first-order valence-corrected chi connectivity index (χ1v) is 8.84. The minimum absolute atomic E-state index is 0.104. The molecule has 4 nitrogen and oxygen atoms in total. The van der Waals surface area contributed by atoms with Gasteiger partial charge in [0, 0.05) is 13.2 Å². The first-order chi connectivity index (χ1) is 11.3. The second kappa shape index (κ2) is 7.93. The standard InChI is InChI=1S/C19H27NO3/c1-15(23-14-17-10-5-6-13-22-17)19(21)20-12-7-11-18(20)16-8-3-2-4-9-16/h2-4,8-9,15,17-18H,5-7,10-14H2,1H3/t15-,17-,18-/m0/s1. The Balaban J connectivity index is 1.55. The van der Waals surface area contributed by atoms with E-state index in [1.807, 2.05) is 30.0 Å². The summed E-state index contributed by atoms with van der Waals surface area (Å²) < 4.78 is 11.5. The number of amides is 1. The summed E-state index contributed by atoms with van der Waals surface area (Å²) in [5, 5.41) is 0. The SMILES string of the molecule is C[C@H](OC[C@@H]1CCCCO1)C(=O)N1CCC[C@H]1c1ccccc1. The Bertz CT molecular complexity index is 499. The monoisotopic (exact) mass is 317 g/mol. The van der Waals surface area contributed by atoms with Gasteiger partial charge in [0.05, 0.1) is 18.8 Å². The average molecular weight is 317 g/mol. The number of carbonyl (C=O) groups is 1. The van der Waals surface area contributed by atoms with Crippen molar-refractivity contribution in [2.24, 2.45) is 0 Å².